The standard InChI is InChI=1S/C46H74N6O7/c1-13-30(6)41(51(10)46(57)39(28(2)3)49-45(56)40(29(4)5)50(9)27-33-21-23-35(47)24-22-33)37(58-11)26-38(53)52-25-17-20-36(52)43(59-12)31(7)44(55)48-32(8)42(54)34-18-15-14-16-19-34/h14-16,18-19,21-24,28-32,36-37,39-43,54H,13,17,20,25-27,47H2,1-12H3,(H,48,55)(H,49,56)/t30-,31+,32+,36?,37+,39?,40?,41-,42+,43+/m0/s1. The van der Waals surface area contributed by atoms with E-state index in [2.05, 4.69) is 10.6 Å². The van der Waals surface area contributed by atoms with Crippen molar-refractivity contribution in [2.45, 2.75) is 136 Å². The second kappa shape index (κ2) is 23.1. The zero-order valence-corrected chi connectivity index (χ0v) is 37.7. The highest BCUT2D eigenvalue weighted by Gasteiger charge is 2.43. The highest BCUT2D eigenvalue weighted by atomic mass is 16.5. The SMILES string of the molecule is CC[C@H](C)[C@@H]([C@@H](CC(=O)N1CCCC1[C@H](OC)[C@@H](C)C(=O)N[C@H](C)[C@@H](O)c1ccccc1)OC)N(C)C(=O)C(NC(=O)C(C(C)C)N(C)Cc1ccc(N)cc1)C(C)C. The summed E-state index contributed by atoms with van der Waals surface area (Å²) in [6, 6.07) is 14.1. The number of nitrogens with zero attached hydrogens (tertiary/aromatic N) is 3. The van der Waals surface area contributed by atoms with Crippen molar-refractivity contribution in [3.8, 4) is 0 Å². The lowest BCUT2D eigenvalue weighted by Crippen LogP contribution is -2.60. The topological polar surface area (TPSA) is 167 Å². The molecular weight excluding hydrogens is 749 g/mol. The van der Waals surface area contributed by atoms with Crippen LogP contribution < -0.4 is 16.4 Å². The number of aliphatic hydroxyl groups is 1. The molecule has 0 aliphatic carbocycles. The second-order valence-corrected chi connectivity index (χ2v) is 17.3. The lowest BCUT2D eigenvalue weighted by Gasteiger charge is -2.41. The first-order valence-electron chi connectivity index (χ1n) is 21.4. The number of likely N-dealkylation sites (N-methyl/N-ethyl adjacent to an activating group) is 2. The van der Waals surface area contributed by atoms with Crippen LogP contribution in [-0.2, 0) is 35.2 Å². The van der Waals surface area contributed by atoms with Crippen molar-refractivity contribution >= 4 is 29.3 Å². The minimum absolute atomic E-state index is 0.0149. The van der Waals surface area contributed by atoms with Gasteiger partial charge in [0.2, 0.25) is 23.6 Å². The Morgan fingerprint density at radius 2 is 1.51 bits per heavy atom. The summed E-state index contributed by atoms with van der Waals surface area (Å²) in [5.74, 6) is -1.81. The average Bonchev–Trinajstić information content (AvgIpc) is 3.69. The van der Waals surface area contributed by atoms with Crippen molar-refractivity contribution in [1.82, 2.24) is 25.3 Å². The van der Waals surface area contributed by atoms with Crippen LogP contribution in [-0.4, -0.2) is 121 Å². The number of nitrogens with two attached hydrogens (primary N) is 1. The summed E-state index contributed by atoms with van der Waals surface area (Å²) in [5.41, 5.74) is 8.29. The molecule has 13 nitrogen and oxygen atoms in total. The van der Waals surface area contributed by atoms with Gasteiger partial charge in [-0.25, -0.2) is 0 Å². The lowest BCUT2D eigenvalue weighted by atomic mass is 9.89. The van der Waals surface area contributed by atoms with E-state index in [1.165, 1.54) is 0 Å². The molecule has 5 N–H and O–H groups in total. The van der Waals surface area contributed by atoms with Crippen LogP contribution in [0.5, 0.6) is 0 Å². The van der Waals surface area contributed by atoms with Crippen molar-refractivity contribution in [1.29, 1.82) is 0 Å². The van der Waals surface area contributed by atoms with Crippen LogP contribution in [0.25, 0.3) is 0 Å². The number of rotatable bonds is 22. The molecule has 1 fully saturated rings. The van der Waals surface area contributed by atoms with Crippen LogP contribution in [0.1, 0.15) is 98.3 Å². The van der Waals surface area contributed by atoms with Gasteiger partial charge >= 0.3 is 0 Å². The van der Waals surface area contributed by atoms with Gasteiger partial charge < -0.3 is 40.7 Å². The molecule has 0 saturated carbocycles. The Bertz CT molecular complexity index is 1630. The summed E-state index contributed by atoms with van der Waals surface area (Å²) >= 11 is 0. The van der Waals surface area contributed by atoms with Crippen molar-refractivity contribution in [2.75, 3.05) is 40.6 Å². The number of amides is 4. The number of likely N-dealkylation sites (tertiary alicyclic amines) is 1. The van der Waals surface area contributed by atoms with Crippen molar-refractivity contribution < 1.29 is 33.8 Å². The third-order valence-electron chi connectivity index (χ3n) is 12.3. The third kappa shape index (κ3) is 13.0. The van der Waals surface area contributed by atoms with Crippen LogP contribution in [0.3, 0.4) is 0 Å². The number of carbonyl (C=O) groups excluding carboxylic acids is 4. The Labute approximate surface area is 353 Å². The Morgan fingerprint density at radius 1 is 0.881 bits per heavy atom. The maximum Gasteiger partial charge on any atom is 0.245 e. The van der Waals surface area contributed by atoms with Crippen LogP contribution in [0.15, 0.2) is 54.6 Å². The second-order valence-electron chi connectivity index (χ2n) is 17.3. The number of benzene rings is 2. The van der Waals surface area contributed by atoms with Gasteiger partial charge in [0, 0.05) is 40.0 Å². The summed E-state index contributed by atoms with van der Waals surface area (Å²) in [6.07, 6.45) is 0.0344. The lowest BCUT2D eigenvalue weighted by molar-refractivity contribution is -0.148. The molecule has 1 saturated heterocycles. The molecule has 3 rings (SSSR count). The first kappa shape index (κ1) is 49.3. The normalized spacial score (nSPS) is 19.1. The fraction of sp³-hybridized carbons (Fsp3) is 0.652. The van der Waals surface area contributed by atoms with Gasteiger partial charge in [0.1, 0.15) is 6.04 Å². The van der Waals surface area contributed by atoms with Crippen molar-refractivity contribution in [2.24, 2.45) is 23.7 Å². The van der Waals surface area contributed by atoms with Crippen LogP contribution in [0.2, 0.25) is 0 Å². The van der Waals surface area contributed by atoms with Crippen molar-refractivity contribution in [3.63, 3.8) is 0 Å². The van der Waals surface area contributed by atoms with E-state index in [1.54, 1.807) is 44.9 Å². The number of methoxy groups -OCH3 is 2. The van der Waals surface area contributed by atoms with E-state index in [0.717, 1.165) is 18.4 Å². The summed E-state index contributed by atoms with van der Waals surface area (Å²) in [4.78, 5) is 61.8. The maximum atomic E-state index is 14.5. The van der Waals surface area contributed by atoms with Gasteiger partial charge in [-0.15, -0.1) is 0 Å². The van der Waals surface area contributed by atoms with Gasteiger partial charge in [-0.1, -0.05) is 97.4 Å². The summed E-state index contributed by atoms with van der Waals surface area (Å²) in [7, 11) is 6.76. The smallest absolute Gasteiger partial charge is 0.245 e. The van der Waals surface area contributed by atoms with Crippen molar-refractivity contribution in [3.05, 3.63) is 65.7 Å². The van der Waals surface area contributed by atoms with E-state index in [4.69, 9.17) is 15.2 Å². The molecule has 0 spiro atoms. The zero-order valence-electron chi connectivity index (χ0n) is 37.7. The Morgan fingerprint density at radius 3 is 2.05 bits per heavy atom. The number of anilines is 1. The fourth-order valence-corrected chi connectivity index (χ4v) is 8.67. The van der Waals surface area contributed by atoms with E-state index >= 15 is 0 Å². The van der Waals surface area contributed by atoms with E-state index in [9.17, 15) is 24.3 Å². The summed E-state index contributed by atoms with van der Waals surface area (Å²) in [6.45, 7) is 16.5. The highest BCUT2D eigenvalue weighted by Crippen LogP contribution is 2.30. The molecule has 4 amide bonds. The van der Waals surface area contributed by atoms with Crippen LogP contribution in [0.4, 0.5) is 5.69 Å². The number of nitrogen functional groups attached to an aromatic ring is 1. The van der Waals surface area contributed by atoms with Gasteiger partial charge in [-0.3, -0.25) is 24.1 Å². The monoisotopic (exact) mass is 823 g/mol. The predicted octanol–water partition coefficient (Wildman–Crippen LogP) is 5.02. The molecule has 59 heavy (non-hydrogen) atoms. The first-order chi connectivity index (χ1) is 27.9. The molecule has 1 heterocycles. The minimum atomic E-state index is -0.885. The molecule has 1 aliphatic heterocycles. The average molecular weight is 823 g/mol. The van der Waals surface area contributed by atoms with E-state index in [0.29, 0.717) is 30.8 Å². The molecular formula is C46H74N6O7. The number of hydrogen-bond acceptors (Lipinski definition) is 9. The number of carbonyl (C=O) groups is 4. The van der Waals surface area contributed by atoms with Gasteiger partial charge in [-0.2, -0.15) is 0 Å². The van der Waals surface area contributed by atoms with Crippen LogP contribution in [0, 0.1) is 23.7 Å². The summed E-state index contributed by atoms with van der Waals surface area (Å²) < 4.78 is 12.0. The molecule has 2 aromatic rings. The molecule has 0 bridgehead atoms. The molecule has 10 atom stereocenters. The molecule has 13 heteroatoms. The van der Waals surface area contributed by atoms with Gasteiger partial charge in [0.05, 0.1) is 54.8 Å². The molecule has 330 valence electrons. The first-order valence-corrected chi connectivity index (χ1v) is 21.4. The van der Waals surface area contributed by atoms with Gasteiger partial charge in [0.15, 0.2) is 0 Å². The Balaban J connectivity index is 1.77. The molecule has 0 aromatic heterocycles. The van der Waals surface area contributed by atoms with E-state index in [-0.39, 0.29) is 53.8 Å². The Hall–Kier alpha value is -4.04. The number of ether oxygens (including phenoxy) is 2. The quantitative estimate of drug-likeness (QED) is 0.119. The maximum absolute atomic E-state index is 14.5. The molecule has 3 unspecified atom stereocenters. The van der Waals surface area contributed by atoms with Gasteiger partial charge in [0.25, 0.3) is 0 Å². The fourth-order valence-electron chi connectivity index (χ4n) is 8.67. The molecule has 0 radical (unpaired) electrons. The Kier molecular flexibility index (Phi) is 19.3. The summed E-state index contributed by atoms with van der Waals surface area (Å²) in [5, 5.41) is 16.9. The largest absolute Gasteiger partial charge is 0.399 e. The predicted molar refractivity (Wildman–Crippen MR) is 233 cm³/mol. The highest BCUT2D eigenvalue weighted by molar-refractivity contribution is 5.90. The molecule has 1 aliphatic rings. The van der Waals surface area contributed by atoms with Crippen LogP contribution >= 0.6 is 0 Å². The zero-order chi connectivity index (χ0) is 44.1. The molecule has 2 aromatic carbocycles. The minimum Gasteiger partial charge on any atom is -0.399 e. The van der Waals surface area contributed by atoms with E-state index < -0.39 is 48.4 Å². The number of aliphatic hydroxyl groups excluding tert-OH is 1. The number of hydrogen-bond donors (Lipinski definition) is 4. The van der Waals surface area contributed by atoms with Gasteiger partial charge in [-0.05, 0) is 67.8 Å². The van der Waals surface area contributed by atoms with E-state index in [1.807, 2.05) is 108 Å². The number of nitrogens with one attached hydrogen (secondary N) is 2. The third-order valence-corrected chi connectivity index (χ3v) is 12.3.